The van der Waals surface area contributed by atoms with Gasteiger partial charge in [0, 0.05) is 88.7 Å². The van der Waals surface area contributed by atoms with Crippen LogP contribution in [0.25, 0.3) is 0 Å². The summed E-state index contributed by atoms with van der Waals surface area (Å²) in [7, 11) is -3.63. The number of aryl methyl sites for hydroxylation is 1. The highest BCUT2D eigenvalue weighted by Crippen LogP contribution is 2.53. The van der Waals surface area contributed by atoms with Crippen molar-refractivity contribution in [3.8, 4) is 0 Å². The van der Waals surface area contributed by atoms with Gasteiger partial charge in [-0.15, -0.1) is 0 Å². The minimum absolute atomic E-state index is 0.184. The molecule has 2 saturated heterocycles. The van der Waals surface area contributed by atoms with Crippen molar-refractivity contribution in [3.63, 3.8) is 0 Å². The maximum Gasteiger partial charge on any atom is 0.255 e. The summed E-state index contributed by atoms with van der Waals surface area (Å²) in [5.74, 6) is -2.96. The number of aromatic nitrogens is 2. The molecule has 19 heteroatoms. The smallest absolute Gasteiger partial charge is 0.255 e. The van der Waals surface area contributed by atoms with E-state index in [-0.39, 0.29) is 73.4 Å². The van der Waals surface area contributed by atoms with Crippen LogP contribution in [0.2, 0.25) is 10.0 Å². The second-order valence-corrected chi connectivity index (χ2v) is 23.9. The summed E-state index contributed by atoms with van der Waals surface area (Å²) < 4.78 is 29.2. The molecule has 4 heterocycles. The number of amides is 6. The van der Waals surface area contributed by atoms with Gasteiger partial charge in [-0.1, -0.05) is 74.3 Å². The number of likely N-dealkylation sites (tertiary alicyclic amines) is 1. The van der Waals surface area contributed by atoms with E-state index in [1.807, 2.05) is 61.0 Å². The summed E-state index contributed by atoms with van der Waals surface area (Å²) in [6.45, 7) is 10.5. The fourth-order valence-corrected chi connectivity index (χ4v) is 12.1. The Balaban J connectivity index is 0.870. The van der Waals surface area contributed by atoms with Gasteiger partial charge in [0.05, 0.1) is 41.0 Å². The number of hydrogen-bond donors (Lipinski definition) is 4. The molecule has 4 aromatic carbocycles. The minimum atomic E-state index is -3.63. The molecule has 0 spiro atoms. The molecule has 0 radical (unpaired) electrons. The zero-order valence-corrected chi connectivity index (χ0v) is 44.4. The Hall–Kier alpha value is -6.56. The molecule has 2 fully saturated rings. The summed E-state index contributed by atoms with van der Waals surface area (Å²) in [4.78, 5) is 87.7. The molecule has 2 unspecified atom stereocenters. The molecule has 5 aromatic rings. The number of rotatable bonds is 19. The number of sulfone groups is 1. The topological polar surface area (TPSA) is 209 Å². The number of halogens is 2. The third-order valence-corrected chi connectivity index (χ3v) is 17.2. The Labute approximate surface area is 441 Å². The number of benzene rings is 4. The molecule has 0 saturated carbocycles. The van der Waals surface area contributed by atoms with Crippen molar-refractivity contribution in [3.05, 3.63) is 147 Å². The first-order valence-corrected chi connectivity index (χ1v) is 27.4. The molecule has 390 valence electrons. The number of nitrogens with one attached hydrogen (secondary N) is 4. The monoisotopic (exact) mass is 1060 g/mol. The first-order chi connectivity index (χ1) is 35.2. The SMILES string of the molecule is CC(C)C(CS(=O)(=O)C(C)C)N1C(=O)[C@@](C)(CC(=O)Nc2ccc(C(=O)NCCCn3cnc(CNc4cccc5c4CN(C4CCC(=O)NC4=O)C5=O)c3)cc2)C[C@H](c2cccc(Cl)c2)[C@H]1c1ccc(Cl)cc1. The summed E-state index contributed by atoms with van der Waals surface area (Å²) >= 11 is 12.9. The lowest BCUT2D eigenvalue weighted by Crippen LogP contribution is -2.59. The Morgan fingerprint density at radius 1 is 0.905 bits per heavy atom. The second kappa shape index (κ2) is 22.5. The average Bonchev–Trinajstić information content (AvgIpc) is 3.96. The molecule has 5 atom stereocenters. The lowest BCUT2D eigenvalue weighted by molar-refractivity contribution is -0.157. The number of imidazole rings is 1. The second-order valence-electron chi connectivity index (χ2n) is 20.4. The van der Waals surface area contributed by atoms with Crippen LogP contribution in [0, 0.1) is 11.3 Å². The van der Waals surface area contributed by atoms with E-state index in [4.69, 9.17) is 23.2 Å². The van der Waals surface area contributed by atoms with Gasteiger partial charge in [-0.3, -0.25) is 34.1 Å². The third kappa shape index (κ3) is 12.0. The van der Waals surface area contributed by atoms with E-state index in [0.717, 1.165) is 28.1 Å². The van der Waals surface area contributed by atoms with Crippen LogP contribution >= 0.6 is 23.2 Å². The van der Waals surface area contributed by atoms with Crippen molar-refractivity contribution < 1.29 is 37.2 Å². The number of piperidine rings is 2. The molecule has 4 N–H and O–H groups in total. The molecule has 6 amide bonds. The lowest BCUT2D eigenvalue weighted by atomic mass is 9.66. The zero-order valence-electron chi connectivity index (χ0n) is 42.1. The van der Waals surface area contributed by atoms with Gasteiger partial charge in [0.25, 0.3) is 11.8 Å². The van der Waals surface area contributed by atoms with Crippen molar-refractivity contribution >= 4 is 79.9 Å². The van der Waals surface area contributed by atoms with E-state index in [2.05, 4.69) is 26.3 Å². The summed E-state index contributed by atoms with van der Waals surface area (Å²) in [6.07, 6.45) is 4.78. The maximum atomic E-state index is 15.2. The van der Waals surface area contributed by atoms with Gasteiger partial charge in [0.2, 0.25) is 23.6 Å². The van der Waals surface area contributed by atoms with Crippen LogP contribution in [0.15, 0.2) is 104 Å². The van der Waals surface area contributed by atoms with Crippen LogP contribution in [0.3, 0.4) is 0 Å². The molecule has 3 aliphatic rings. The number of hydrogen-bond acceptors (Lipinski definition) is 10. The molecular weight excluding hydrogens is 1000 g/mol. The molecular formula is C55H62Cl2N8O8S. The Bertz CT molecular complexity index is 3060. The van der Waals surface area contributed by atoms with Crippen molar-refractivity contribution in [1.82, 2.24) is 30.0 Å². The van der Waals surface area contributed by atoms with Gasteiger partial charge in [-0.2, -0.15) is 0 Å². The van der Waals surface area contributed by atoms with Crippen molar-refractivity contribution in [2.45, 2.75) is 116 Å². The van der Waals surface area contributed by atoms with Gasteiger partial charge < -0.3 is 30.3 Å². The fourth-order valence-electron chi connectivity index (χ4n) is 10.3. The normalized spacial score (nSPS) is 20.4. The average molecular weight is 1070 g/mol. The predicted molar refractivity (Wildman–Crippen MR) is 284 cm³/mol. The van der Waals surface area contributed by atoms with Gasteiger partial charge in [-0.25, -0.2) is 13.4 Å². The van der Waals surface area contributed by atoms with Crippen LogP contribution in [0.4, 0.5) is 11.4 Å². The fraction of sp³-hybridized carbons (Fsp3) is 0.400. The quantitative estimate of drug-likeness (QED) is 0.0459. The third-order valence-electron chi connectivity index (χ3n) is 14.4. The largest absolute Gasteiger partial charge is 0.379 e. The molecule has 0 aliphatic carbocycles. The number of carbonyl (C=O) groups excluding carboxylic acids is 6. The maximum absolute atomic E-state index is 15.2. The summed E-state index contributed by atoms with van der Waals surface area (Å²) in [5.41, 5.74) is 4.04. The number of imide groups is 1. The highest BCUT2D eigenvalue weighted by molar-refractivity contribution is 7.92. The molecule has 74 heavy (non-hydrogen) atoms. The standard InChI is InChI=1S/C55H62Cl2N8O8S/c1-33(2)47(31-74(72,73)34(3)4)65-50(35-13-17-38(56)18-14-35)43(37-9-6-10-39(57)25-37)26-55(5,54(65)71)27-49(67)61-40-19-15-36(16-20-40)51(68)58-23-8-24-63-29-41(60-32-63)28-59-45-12-7-11-42-44(45)30-64(53(42)70)46-21-22-48(66)62-52(46)69/h6-7,9-20,25,29,32-34,43,46-47,50,59H,8,21-24,26-28,30-31H2,1-5H3,(H,58,68)(H,61,67)(H,62,66,69)/t43-,46?,47?,50-,55-/m1/s1. The van der Waals surface area contributed by atoms with Gasteiger partial charge in [0.15, 0.2) is 9.84 Å². The summed E-state index contributed by atoms with van der Waals surface area (Å²) in [6, 6.07) is 24.6. The van der Waals surface area contributed by atoms with E-state index >= 15 is 4.79 Å². The van der Waals surface area contributed by atoms with Gasteiger partial charge in [0.1, 0.15) is 6.04 Å². The Kier molecular flexibility index (Phi) is 16.3. The van der Waals surface area contributed by atoms with Crippen molar-refractivity contribution in [2.24, 2.45) is 11.3 Å². The molecule has 3 aliphatic heterocycles. The molecule has 16 nitrogen and oxygen atoms in total. The van der Waals surface area contributed by atoms with Crippen molar-refractivity contribution in [2.75, 3.05) is 22.9 Å². The first kappa shape index (κ1) is 53.7. The van der Waals surface area contributed by atoms with Gasteiger partial charge in [-0.05, 0) is 111 Å². The van der Waals surface area contributed by atoms with E-state index in [0.29, 0.717) is 52.9 Å². The van der Waals surface area contributed by atoms with Crippen LogP contribution in [0.5, 0.6) is 0 Å². The highest BCUT2D eigenvalue weighted by Gasteiger charge is 2.53. The van der Waals surface area contributed by atoms with E-state index in [1.54, 1.807) is 86.6 Å². The molecule has 0 bridgehead atoms. The predicted octanol–water partition coefficient (Wildman–Crippen LogP) is 8.32. The highest BCUT2D eigenvalue weighted by atomic mass is 35.5. The number of carbonyl (C=O) groups is 6. The minimum Gasteiger partial charge on any atom is -0.379 e. The Morgan fingerprint density at radius 3 is 2.32 bits per heavy atom. The Morgan fingerprint density at radius 2 is 1.64 bits per heavy atom. The number of anilines is 2. The number of nitrogens with zero attached hydrogens (tertiary/aromatic N) is 4. The van der Waals surface area contributed by atoms with Crippen molar-refractivity contribution in [1.29, 1.82) is 0 Å². The van der Waals surface area contributed by atoms with Crippen LogP contribution in [0.1, 0.15) is 122 Å². The van der Waals surface area contributed by atoms with Crippen LogP contribution in [-0.2, 0) is 48.6 Å². The van der Waals surface area contributed by atoms with Gasteiger partial charge >= 0.3 is 0 Å². The number of fused-ring (bicyclic) bond motifs is 1. The van der Waals surface area contributed by atoms with E-state index in [1.165, 1.54) is 4.90 Å². The van der Waals surface area contributed by atoms with E-state index in [9.17, 15) is 32.4 Å². The zero-order chi connectivity index (χ0) is 53.1. The lowest BCUT2D eigenvalue weighted by Gasteiger charge is -2.53. The van der Waals surface area contributed by atoms with Crippen LogP contribution < -0.4 is 21.3 Å². The van der Waals surface area contributed by atoms with Crippen LogP contribution in [-0.4, -0.2) is 92.8 Å². The molecule has 8 rings (SSSR count). The summed E-state index contributed by atoms with van der Waals surface area (Å²) in [5, 5.41) is 11.9. The first-order valence-electron chi connectivity index (χ1n) is 25.0. The van der Waals surface area contributed by atoms with E-state index < -0.39 is 50.4 Å². The molecule has 1 aromatic heterocycles.